The number of nitrogens with zero attached hydrogens (tertiary/aromatic N) is 1. The lowest BCUT2D eigenvalue weighted by atomic mass is 9.90. The van der Waals surface area contributed by atoms with Gasteiger partial charge >= 0.3 is 5.97 Å². The molecule has 0 saturated carbocycles. The maximum absolute atomic E-state index is 12.7. The fourth-order valence-electron chi connectivity index (χ4n) is 2.79. The number of carboxylic acids is 1. The van der Waals surface area contributed by atoms with Crippen LogP contribution in [0.3, 0.4) is 0 Å². The standard InChI is InChI=1S/C15H18ClNO4/c1-9-4-3-7-17(13(9)15(19)20)14(18)11-6-5-10(16)8-12(11)21-2/h5-6,8-9,13H,3-4,7H2,1-2H3,(H,19,20). The Morgan fingerprint density at radius 1 is 1.43 bits per heavy atom. The van der Waals surface area contributed by atoms with Crippen molar-refractivity contribution in [2.45, 2.75) is 25.8 Å². The van der Waals surface area contributed by atoms with Crippen molar-refractivity contribution in [1.82, 2.24) is 4.90 Å². The average Bonchev–Trinajstić information content (AvgIpc) is 2.45. The van der Waals surface area contributed by atoms with Crippen LogP contribution in [0.4, 0.5) is 0 Å². The molecule has 1 aromatic rings. The molecule has 0 aliphatic carbocycles. The summed E-state index contributed by atoms with van der Waals surface area (Å²) in [6.45, 7) is 2.29. The molecule has 1 heterocycles. The van der Waals surface area contributed by atoms with Gasteiger partial charge in [-0.1, -0.05) is 18.5 Å². The number of benzene rings is 1. The molecule has 114 valence electrons. The Morgan fingerprint density at radius 3 is 2.76 bits per heavy atom. The Morgan fingerprint density at radius 2 is 2.14 bits per heavy atom. The van der Waals surface area contributed by atoms with Gasteiger partial charge in [-0.3, -0.25) is 4.79 Å². The number of hydrogen-bond donors (Lipinski definition) is 1. The highest BCUT2D eigenvalue weighted by molar-refractivity contribution is 6.30. The van der Waals surface area contributed by atoms with Gasteiger partial charge in [0.05, 0.1) is 12.7 Å². The van der Waals surface area contributed by atoms with Crippen LogP contribution in [0.15, 0.2) is 18.2 Å². The van der Waals surface area contributed by atoms with Crippen LogP contribution in [-0.2, 0) is 4.79 Å². The van der Waals surface area contributed by atoms with E-state index in [2.05, 4.69) is 0 Å². The van der Waals surface area contributed by atoms with E-state index in [-0.39, 0.29) is 11.8 Å². The molecule has 0 bridgehead atoms. The Kier molecular flexibility index (Phi) is 4.73. The highest BCUT2D eigenvalue weighted by Gasteiger charge is 2.38. The molecule has 21 heavy (non-hydrogen) atoms. The van der Waals surface area contributed by atoms with Crippen LogP contribution < -0.4 is 4.74 Å². The number of hydrogen-bond acceptors (Lipinski definition) is 3. The van der Waals surface area contributed by atoms with Crippen LogP contribution in [-0.4, -0.2) is 41.6 Å². The summed E-state index contributed by atoms with van der Waals surface area (Å²) in [6.07, 6.45) is 1.60. The number of carbonyl (C=O) groups is 2. The summed E-state index contributed by atoms with van der Waals surface area (Å²) in [5.41, 5.74) is 0.335. The van der Waals surface area contributed by atoms with Crippen molar-refractivity contribution in [3.05, 3.63) is 28.8 Å². The molecule has 2 unspecified atom stereocenters. The van der Waals surface area contributed by atoms with Gasteiger partial charge in [-0.15, -0.1) is 0 Å². The maximum Gasteiger partial charge on any atom is 0.326 e. The third-order valence-corrected chi connectivity index (χ3v) is 4.08. The number of halogens is 1. The zero-order chi connectivity index (χ0) is 15.6. The zero-order valence-electron chi connectivity index (χ0n) is 12.0. The van der Waals surface area contributed by atoms with Gasteiger partial charge in [-0.25, -0.2) is 4.79 Å². The van der Waals surface area contributed by atoms with Gasteiger partial charge in [0, 0.05) is 11.6 Å². The van der Waals surface area contributed by atoms with Gasteiger partial charge in [-0.05, 0) is 37.0 Å². The number of methoxy groups -OCH3 is 1. The molecule has 6 heteroatoms. The quantitative estimate of drug-likeness (QED) is 0.932. The molecule has 2 rings (SSSR count). The lowest BCUT2D eigenvalue weighted by Gasteiger charge is -2.37. The summed E-state index contributed by atoms with van der Waals surface area (Å²) in [4.78, 5) is 25.6. The zero-order valence-corrected chi connectivity index (χ0v) is 12.8. The summed E-state index contributed by atoms with van der Waals surface area (Å²) in [6, 6.07) is 3.92. The Hall–Kier alpha value is -1.75. The summed E-state index contributed by atoms with van der Waals surface area (Å²) in [7, 11) is 1.45. The number of piperidine rings is 1. The van der Waals surface area contributed by atoms with E-state index in [1.807, 2.05) is 6.92 Å². The van der Waals surface area contributed by atoms with E-state index >= 15 is 0 Å². The first-order valence-corrected chi connectivity index (χ1v) is 7.20. The van der Waals surface area contributed by atoms with Crippen molar-refractivity contribution < 1.29 is 19.4 Å². The van der Waals surface area contributed by atoms with Gasteiger partial charge in [0.2, 0.25) is 0 Å². The number of rotatable bonds is 3. The van der Waals surface area contributed by atoms with Crippen molar-refractivity contribution in [2.75, 3.05) is 13.7 Å². The van der Waals surface area contributed by atoms with Gasteiger partial charge in [0.15, 0.2) is 0 Å². The molecule has 1 N–H and O–H groups in total. The smallest absolute Gasteiger partial charge is 0.326 e. The molecule has 1 aliphatic heterocycles. The number of carboxylic acid groups (broad SMARTS) is 1. The molecule has 5 nitrogen and oxygen atoms in total. The SMILES string of the molecule is COc1cc(Cl)ccc1C(=O)N1CCCC(C)C1C(=O)O. The number of carbonyl (C=O) groups excluding carboxylic acids is 1. The highest BCUT2D eigenvalue weighted by Crippen LogP contribution is 2.29. The molecule has 0 radical (unpaired) electrons. The average molecular weight is 312 g/mol. The van der Waals surface area contributed by atoms with E-state index in [9.17, 15) is 14.7 Å². The predicted molar refractivity (Wildman–Crippen MR) is 78.9 cm³/mol. The van der Waals surface area contributed by atoms with E-state index in [4.69, 9.17) is 16.3 Å². The fraction of sp³-hybridized carbons (Fsp3) is 0.467. The largest absolute Gasteiger partial charge is 0.496 e. The molecule has 0 spiro atoms. The second-order valence-electron chi connectivity index (χ2n) is 5.25. The minimum absolute atomic E-state index is 0.0708. The van der Waals surface area contributed by atoms with Crippen molar-refractivity contribution >= 4 is 23.5 Å². The first kappa shape index (κ1) is 15.6. The maximum atomic E-state index is 12.7. The molecule has 1 fully saturated rings. The van der Waals surface area contributed by atoms with Crippen molar-refractivity contribution in [2.24, 2.45) is 5.92 Å². The van der Waals surface area contributed by atoms with E-state index in [1.165, 1.54) is 12.0 Å². The number of aliphatic carboxylic acids is 1. The Balaban J connectivity index is 2.36. The van der Waals surface area contributed by atoms with Gasteiger partial charge in [0.1, 0.15) is 11.8 Å². The summed E-state index contributed by atoms with van der Waals surface area (Å²) in [5, 5.41) is 9.86. The lowest BCUT2D eigenvalue weighted by Crippen LogP contribution is -2.52. The topological polar surface area (TPSA) is 66.8 Å². The number of ether oxygens (including phenoxy) is 1. The fourth-order valence-corrected chi connectivity index (χ4v) is 2.95. The number of amides is 1. The normalized spacial score (nSPS) is 22.0. The Labute approximate surface area is 128 Å². The molecule has 0 aromatic heterocycles. The number of likely N-dealkylation sites (tertiary alicyclic amines) is 1. The van der Waals surface area contributed by atoms with Crippen LogP contribution >= 0.6 is 11.6 Å². The molecular formula is C15H18ClNO4. The van der Waals surface area contributed by atoms with Crippen molar-refractivity contribution in [3.8, 4) is 5.75 Å². The van der Waals surface area contributed by atoms with Gasteiger partial charge in [-0.2, -0.15) is 0 Å². The van der Waals surface area contributed by atoms with Crippen LogP contribution in [0.1, 0.15) is 30.1 Å². The van der Waals surface area contributed by atoms with E-state index in [0.717, 1.165) is 12.8 Å². The monoisotopic (exact) mass is 311 g/mol. The third-order valence-electron chi connectivity index (χ3n) is 3.84. The van der Waals surface area contributed by atoms with Gasteiger partial charge < -0.3 is 14.7 Å². The van der Waals surface area contributed by atoms with Crippen molar-refractivity contribution in [3.63, 3.8) is 0 Å². The van der Waals surface area contributed by atoms with E-state index < -0.39 is 12.0 Å². The van der Waals surface area contributed by atoms with Gasteiger partial charge in [0.25, 0.3) is 5.91 Å². The molecule has 1 saturated heterocycles. The second-order valence-corrected chi connectivity index (χ2v) is 5.68. The molecule has 1 aliphatic rings. The molecule has 1 amide bonds. The summed E-state index contributed by atoms with van der Waals surface area (Å²) < 4.78 is 5.18. The first-order chi connectivity index (χ1) is 9.95. The van der Waals surface area contributed by atoms with E-state index in [0.29, 0.717) is 22.9 Å². The molecule has 1 aromatic carbocycles. The Bertz CT molecular complexity index is 561. The van der Waals surface area contributed by atoms with Crippen LogP contribution in [0.25, 0.3) is 0 Å². The summed E-state index contributed by atoms with van der Waals surface area (Å²) in [5.74, 6) is -1.01. The minimum Gasteiger partial charge on any atom is -0.496 e. The third kappa shape index (κ3) is 3.13. The van der Waals surface area contributed by atoms with Crippen LogP contribution in [0.2, 0.25) is 5.02 Å². The predicted octanol–water partition coefficient (Wildman–Crippen LogP) is 2.67. The highest BCUT2D eigenvalue weighted by atomic mass is 35.5. The molecule has 2 atom stereocenters. The lowest BCUT2D eigenvalue weighted by molar-refractivity contribution is -0.145. The van der Waals surface area contributed by atoms with Crippen LogP contribution in [0.5, 0.6) is 5.75 Å². The summed E-state index contributed by atoms with van der Waals surface area (Å²) >= 11 is 5.89. The first-order valence-electron chi connectivity index (χ1n) is 6.83. The van der Waals surface area contributed by atoms with E-state index in [1.54, 1.807) is 18.2 Å². The van der Waals surface area contributed by atoms with Crippen LogP contribution in [0, 0.1) is 5.92 Å². The van der Waals surface area contributed by atoms with Crippen molar-refractivity contribution in [1.29, 1.82) is 0 Å². The second kappa shape index (κ2) is 6.35. The molecular weight excluding hydrogens is 294 g/mol. The minimum atomic E-state index is -0.969.